The van der Waals surface area contributed by atoms with Crippen molar-refractivity contribution in [3.05, 3.63) is 24.2 Å². The molecular weight excluding hydrogens is 292 g/mol. The van der Waals surface area contributed by atoms with Crippen molar-refractivity contribution < 1.29 is 0 Å². The molecule has 0 N–H and O–H groups in total. The second kappa shape index (κ2) is 6.20. The predicted octanol–water partition coefficient (Wildman–Crippen LogP) is 3.66. The van der Waals surface area contributed by atoms with E-state index in [1.807, 2.05) is 12.3 Å². The van der Waals surface area contributed by atoms with Crippen LogP contribution in [0.5, 0.6) is 0 Å². The van der Waals surface area contributed by atoms with E-state index in [4.69, 9.17) is 4.98 Å². The van der Waals surface area contributed by atoms with Gasteiger partial charge in [0, 0.05) is 18.0 Å². The van der Waals surface area contributed by atoms with Gasteiger partial charge in [0.1, 0.15) is 11.3 Å². The van der Waals surface area contributed by atoms with Crippen LogP contribution in [0.1, 0.15) is 50.5 Å². The molecule has 2 aliphatic heterocycles. The number of pyridine rings is 1. The van der Waals surface area contributed by atoms with Gasteiger partial charge >= 0.3 is 0 Å². The Labute approximate surface area is 136 Å². The molecule has 22 heavy (non-hydrogen) atoms. The fraction of sp³-hybridized carbons (Fsp3) is 0.647. The highest BCUT2D eigenvalue weighted by molar-refractivity contribution is 7.99. The first-order valence-electron chi connectivity index (χ1n) is 8.53. The van der Waals surface area contributed by atoms with Crippen LogP contribution in [0.15, 0.2) is 18.3 Å². The van der Waals surface area contributed by atoms with Gasteiger partial charge in [0.25, 0.3) is 0 Å². The van der Waals surface area contributed by atoms with Crippen molar-refractivity contribution >= 4 is 22.9 Å². The molecule has 2 aliphatic rings. The normalized spacial score (nSPS) is 26.8. The third kappa shape index (κ3) is 2.44. The minimum absolute atomic E-state index is 0.471. The van der Waals surface area contributed by atoms with Crippen LogP contribution in [0.2, 0.25) is 0 Å². The fourth-order valence-electron chi connectivity index (χ4n) is 3.93. The highest BCUT2D eigenvalue weighted by Gasteiger charge is 2.31. The Bertz CT molecular complexity index is 647. The monoisotopic (exact) mass is 316 g/mol. The highest BCUT2D eigenvalue weighted by atomic mass is 32.2. The van der Waals surface area contributed by atoms with Crippen LogP contribution in [-0.2, 0) is 0 Å². The summed E-state index contributed by atoms with van der Waals surface area (Å²) >= 11 is 2.06. The first-order chi connectivity index (χ1) is 10.9. The van der Waals surface area contributed by atoms with E-state index in [0.29, 0.717) is 12.1 Å². The van der Waals surface area contributed by atoms with Crippen LogP contribution < -0.4 is 0 Å². The Balaban J connectivity index is 1.83. The van der Waals surface area contributed by atoms with Crippen molar-refractivity contribution in [2.75, 3.05) is 24.6 Å². The summed E-state index contributed by atoms with van der Waals surface area (Å²) in [6.07, 6.45) is 7.03. The largest absolute Gasteiger partial charge is 0.307 e. The smallest absolute Gasteiger partial charge is 0.160 e. The van der Waals surface area contributed by atoms with Crippen molar-refractivity contribution in [3.63, 3.8) is 0 Å². The van der Waals surface area contributed by atoms with Gasteiger partial charge in [0.05, 0.1) is 6.04 Å². The molecule has 5 heteroatoms. The summed E-state index contributed by atoms with van der Waals surface area (Å²) in [6, 6.07) is 5.16. The maximum absolute atomic E-state index is 5.03. The number of piperidine rings is 1. The standard InChI is InChI=1S/C17H24N4S/c1-2-20-10-4-3-7-15(20)17-19-14-6-5-9-18-16(14)21(17)13-8-11-22-12-13/h5-6,9,13,15H,2-4,7-8,10-12H2,1H3. The van der Waals surface area contributed by atoms with Gasteiger partial charge in [-0.1, -0.05) is 13.3 Å². The fourth-order valence-corrected chi connectivity index (χ4v) is 5.12. The first kappa shape index (κ1) is 14.5. The van der Waals surface area contributed by atoms with E-state index in [9.17, 15) is 0 Å². The molecule has 118 valence electrons. The first-order valence-corrected chi connectivity index (χ1v) is 9.68. The Morgan fingerprint density at radius 1 is 1.32 bits per heavy atom. The number of thioether (sulfide) groups is 1. The maximum atomic E-state index is 5.03. The van der Waals surface area contributed by atoms with Crippen LogP contribution in [0.25, 0.3) is 11.2 Å². The van der Waals surface area contributed by atoms with Crippen LogP contribution in [0.3, 0.4) is 0 Å². The lowest BCUT2D eigenvalue weighted by atomic mass is 10.0. The highest BCUT2D eigenvalue weighted by Crippen LogP contribution is 2.37. The molecule has 2 atom stereocenters. The van der Waals surface area contributed by atoms with Crippen molar-refractivity contribution in [2.24, 2.45) is 0 Å². The van der Waals surface area contributed by atoms with Gasteiger partial charge in [-0.25, -0.2) is 9.97 Å². The Kier molecular flexibility index (Phi) is 4.09. The lowest BCUT2D eigenvalue weighted by Crippen LogP contribution is -2.35. The molecule has 0 radical (unpaired) electrons. The summed E-state index contributed by atoms with van der Waals surface area (Å²) < 4.78 is 2.48. The summed E-state index contributed by atoms with van der Waals surface area (Å²) in [5, 5.41) is 0. The Hall–Kier alpha value is -1.07. The van der Waals surface area contributed by atoms with Gasteiger partial charge in [-0.3, -0.25) is 4.90 Å². The Morgan fingerprint density at radius 3 is 3.09 bits per heavy atom. The lowest BCUT2D eigenvalue weighted by Gasteiger charge is -2.35. The van der Waals surface area contributed by atoms with E-state index in [-0.39, 0.29) is 0 Å². The quantitative estimate of drug-likeness (QED) is 0.865. The number of nitrogens with zero attached hydrogens (tertiary/aromatic N) is 4. The molecule has 0 aliphatic carbocycles. The van der Waals surface area contributed by atoms with E-state index in [0.717, 1.165) is 17.7 Å². The average Bonchev–Trinajstić information content (AvgIpc) is 3.21. The van der Waals surface area contributed by atoms with E-state index >= 15 is 0 Å². The van der Waals surface area contributed by atoms with Gasteiger partial charge in [0.2, 0.25) is 0 Å². The zero-order valence-corrected chi connectivity index (χ0v) is 14.1. The number of fused-ring (bicyclic) bond motifs is 1. The third-order valence-electron chi connectivity index (χ3n) is 5.06. The summed E-state index contributed by atoms with van der Waals surface area (Å²) in [5.74, 6) is 3.73. The van der Waals surface area contributed by atoms with Gasteiger partial charge in [-0.05, 0) is 50.2 Å². The SMILES string of the molecule is CCN1CCCCC1c1nc2cccnc2n1C1CCSC1. The second-order valence-corrected chi connectivity index (χ2v) is 7.49. The molecule has 2 fully saturated rings. The number of hydrogen-bond acceptors (Lipinski definition) is 4. The minimum Gasteiger partial charge on any atom is -0.307 e. The van der Waals surface area contributed by atoms with Crippen LogP contribution >= 0.6 is 11.8 Å². The van der Waals surface area contributed by atoms with Crippen molar-refractivity contribution in [1.29, 1.82) is 0 Å². The Morgan fingerprint density at radius 2 is 2.27 bits per heavy atom. The number of aromatic nitrogens is 3. The van der Waals surface area contributed by atoms with Crippen LogP contribution in [0, 0.1) is 0 Å². The second-order valence-electron chi connectivity index (χ2n) is 6.34. The zero-order chi connectivity index (χ0) is 14.9. The van der Waals surface area contributed by atoms with E-state index in [2.05, 4.69) is 39.2 Å². The summed E-state index contributed by atoms with van der Waals surface area (Å²) in [6.45, 7) is 4.59. The van der Waals surface area contributed by atoms with Gasteiger partial charge in [0.15, 0.2) is 5.65 Å². The molecule has 2 saturated heterocycles. The van der Waals surface area contributed by atoms with Gasteiger partial charge in [-0.2, -0.15) is 11.8 Å². The molecule has 2 aromatic rings. The molecule has 4 nitrogen and oxygen atoms in total. The van der Waals surface area contributed by atoms with Gasteiger partial charge < -0.3 is 4.57 Å². The maximum Gasteiger partial charge on any atom is 0.160 e. The topological polar surface area (TPSA) is 34.0 Å². The molecule has 0 saturated carbocycles. The summed E-state index contributed by atoms with van der Waals surface area (Å²) in [4.78, 5) is 12.3. The predicted molar refractivity (Wildman–Crippen MR) is 92.3 cm³/mol. The van der Waals surface area contributed by atoms with E-state index in [1.54, 1.807) is 0 Å². The molecule has 2 unspecified atom stereocenters. The van der Waals surface area contributed by atoms with E-state index < -0.39 is 0 Å². The van der Waals surface area contributed by atoms with Crippen molar-refractivity contribution in [3.8, 4) is 0 Å². The van der Waals surface area contributed by atoms with Crippen molar-refractivity contribution in [1.82, 2.24) is 19.4 Å². The minimum atomic E-state index is 0.471. The summed E-state index contributed by atoms with van der Waals surface area (Å²) in [5.41, 5.74) is 2.16. The molecule has 2 aromatic heterocycles. The third-order valence-corrected chi connectivity index (χ3v) is 6.21. The molecule has 4 heterocycles. The summed E-state index contributed by atoms with van der Waals surface area (Å²) in [7, 11) is 0. The molecule has 0 bridgehead atoms. The molecule has 0 aromatic carbocycles. The van der Waals surface area contributed by atoms with Crippen LogP contribution in [0.4, 0.5) is 0 Å². The number of likely N-dealkylation sites (tertiary alicyclic amines) is 1. The number of imidazole rings is 1. The molecule has 4 rings (SSSR count). The lowest BCUT2D eigenvalue weighted by molar-refractivity contribution is 0.146. The molecule has 0 spiro atoms. The number of hydrogen-bond donors (Lipinski definition) is 0. The average molecular weight is 316 g/mol. The molecular formula is C17H24N4S. The van der Waals surface area contributed by atoms with Crippen LogP contribution in [-0.4, -0.2) is 44.0 Å². The molecule has 0 amide bonds. The number of rotatable bonds is 3. The van der Waals surface area contributed by atoms with Gasteiger partial charge in [-0.15, -0.1) is 0 Å². The zero-order valence-electron chi connectivity index (χ0n) is 13.2. The van der Waals surface area contributed by atoms with Crippen molar-refractivity contribution in [2.45, 2.75) is 44.7 Å². The van der Waals surface area contributed by atoms with E-state index in [1.165, 1.54) is 49.6 Å².